The zero-order valence-electron chi connectivity index (χ0n) is 32.8. The van der Waals surface area contributed by atoms with E-state index in [1.54, 1.807) is 11.6 Å². The van der Waals surface area contributed by atoms with Crippen LogP contribution in [0.2, 0.25) is 36.3 Å². The summed E-state index contributed by atoms with van der Waals surface area (Å²) in [4.78, 5) is 25.2. The first kappa shape index (κ1) is 39.2. The summed E-state index contributed by atoms with van der Waals surface area (Å²) < 4.78 is 19.1. The predicted octanol–water partition coefficient (Wildman–Crippen LogP) is 10.9. The quantitative estimate of drug-likeness (QED) is 0.0985. The third kappa shape index (κ3) is 7.84. The van der Waals surface area contributed by atoms with Gasteiger partial charge in [-0.1, -0.05) is 85.8 Å². The van der Waals surface area contributed by atoms with Gasteiger partial charge in [0.2, 0.25) is 0 Å². The van der Waals surface area contributed by atoms with E-state index in [1.165, 1.54) is 31.9 Å². The van der Waals surface area contributed by atoms with Crippen LogP contribution in [0.4, 0.5) is 0 Å². The smallest absolute Gasteiger partial charge is 0.319 e. The van der Waals surface area contributed by atoms with Crippen LogP contribution >= 0.6 is 0 Å². The molecule has 0 radical (unpaired) electrons. The summed E-state index contributed by atoms with van der Waals surface area (Å²) in [5, 5.41) is 0.271. The number of fused-ring (bicyclic) bond motifs is 1. The van der Waals surface area contributed by atoms with Gasteiger partial charge in [-0.3, -0.25) is 9.59 Å². The molecule has 4 rings (SSSR count). The molecule has 6 atom stereocenters. The summed E-state index contributed by atoms with van der Waals surface area (Å²) in [6, 6.07) is 0. The van der Waals surface area contributed by atoms with Gasteiger partial charge >= 0.3 is 5.97 Å². The molecule has 270 valence electrons. The molecule has 4 aliphatic carbocycles. The number of ketones is 1. The van der Waals surface area contributed by atoms with Crippen LogP contribution in [0.5, 0.6) is 0 Å². The molecular weight excluding hydrogens is 629 g/mol. The molecule has 0 aliphatic heterocycles. The maximum atomic E-state index is 13.0. The Bertz CT molecular complexity index is 1330. The minimum absolute atomic E-state index is 0.0177. The largest absolute Gasteiger partial charge is 0.468 e. The number of hydrogen-bond donors (Lipinski definition) is 0. The first-order valence-electron chi connectivity index (χ1n) is 18.7. The van der Waals surface area contributed by atoms with Gasteiger partial charge in [0.1, 0.15) is 5.41 Å². The van der Waals surface area contributed by atoms with Gasteiger partial charge in [0.15, 0.2) is 22.4 Å². The van der Waals surface area contributed by atoms with E-state index in [9.17, 15) is 9.59 Å². The number of esters is 1. The second kappa shape index (κ2) is 13.9. The Balaban J connectivity index is 1.56. The fourth-order valence-corrected chi connectivity index (χ4v) is 11.0. The Morgan fingerprint density at radius 1 is 0.938 bits per heavy atom. The van der Waals surface area contributed by atoms with E-state index in [-0.39, 0.29) is 45.4 Å². The van der Waals surface area contributed by atoms with Gasteiger partial charge in [-0.2, -0.15) is 0 Å². The molecule has 4 fully saturated rings. The number of carbonyl (C=O) groups is 2. The van der Waals surface area contributed by atoms with E-state index < -0.39 is 22.0 Å². The van der Waals surface area contributed by atoms with Gasteiger partial charge < -0.3 is 13.6 Å². The minimum atomic E-state index is -2.02. The number of ether oxygens (including phenoxy) is 1. The number of carbonyl (C=O) groups excluding carboxylic acids is 2. The molecule has 0 aromatic heterocycles. The summed E-state index contributed by atoms with van der Waals surface area (Å²) in [6.07, 6.45) is 17.6. The molecule has 0 aromatic rings. The van der Waals surface area contributed by atoms with Gasteiger partial charge in [-0.05, 0) is 128 Å². The summed E-state index contributed by atoms with van der Waals surface area (Å²) in [7, 11) is -2.61. The van der Waals surface area contributed by atoms with Crippen molar-refractivity contribution in [2.75, 3.05) is 7.11 Å². The normalized spacial score (nSPS) is 32.1. The van der Waals surface area contributed by atoms with Crippen molar-refractivity contribution in [3.63, 3.8) is 0 Å². The molecule has 0 saturated heterocycles. The molecule has 0 spiro atoms. The van der Waals surface area contributed by atoms with E-state index in [0.717, 1.165) is 31.3 Å². The number of allylic oxidation sites excluding steroid dienone is 5. The molecule has 0 heterocycles. The Kier molecular flexibility index (Phi) is 11.3. The summed E-state index contributed by atoms with van der Waals surface area (Å²) in [5.41, 5.74) is 3.26. The zero-order valence-corrected chi connectivity index (χ0v) is 34.8. The number of hydrogen-bond acceptors (Lipinski definition) is 5. The highest BCUT2D eigenvalue weighted by molar-refractivity contribution is 6.74. The fourth-order valence-electron chi connectivity index (χ4n) is 8.31. The molecule has 4 saturated carbocycles. The van der Waals surface area contributed by atoms with Crippen molar-refractivity contribution in [1.82, 2.24) is 0 Å². The van der Waals surface area contributed by atoms with Crippen molar-refractivity contribution in [2.24, 2.45) is 28.6 Å². The van der Waals surface area contributed by atoms with Gasteiger partial charge in [0.25, 0.3) is 0 Å². The van der Waals surface area contributed by atoms with Crippen molar-refractivity contribution >= 4 is 28.4 Å². The average Bonchev–Trinajstić information content (AvgIpc) is 3.70. The molecular formula is C41H68O5Si2. The Labute approximate surface area is 295 Å². The van der Waals surface area contributed by atoms with Crippen LogP contribution in [0.15, 0.2) is 47.6 Å². The third-order valence-corrected chi connectivity index (χ3v) is 22.8. The fraction of sp³-hybridized carbons (Fsp3) is 0.756. The van der Waals surface area contributed by atoms with Crippen LogP contribution in [0.3, 0.4) is 0 Å². The summed E-state index contributed by atoms with van der Waals surface area (Å²) >= 11 is 0. The number of methoxy groups -OCH3 is 1. The van der Waals surface area contributed by atoms with Gasteiger partial charge in [0, 0.05) is 6.42 Å². The van der Waals surface area contributed by atoms with Crippen molar-refractivity contribution in [2.45, 2.75) is 162 Å². The van der Waals surface area contributed by atoms with Crippen LogP contribution in [-0.2, 0) is 23.2 Å². The Hall–Kier alpha value is -1.55. The molecule has 5 nitrogen and oxygen atoms in total. The SMILES string of the molecule is C=C1/C(=C/C=C2\CCC[C@]3(C)[C@@H]([C@H](C)/C=C/C(=O)C4(C(=O)OC)CC4)CC[C@@H]23)C[C@@H](O[Si](C)(C)C(C)(C)C)C[C@@H]1O[Si](C)(C)C(C)(C)C. The molecule has 4 aliphatic rings. The predicted molar refractivity (Wildman–Crippen MR) is 204 cm³/mol. The van der Waals surface area contributed by atoms with Crippen LogP contribution < -0.4 is 0 Å². The second-order valence-corrected chi connectivity index (χ2v) is 28.5. The van der Waals surface area contributed by atoms with E-state index >= 15 is 0 Å². The lowest BCUT2D eigenvalue weighted by molar-refractivity contribution is -0.150. The van der Waals surface area contributed by atoms with E-state index in [2.05, 4.69) is 106 Å². The third-order valence-electron chi connectivity index (χ3n) is 13.8. The van der Waals surface area contributed by atoms with Crippen molar-refractivity contribution in [3.8, 4) is 0 Å². The standard InChI is InChI=1S/C41H68O5Si2/c1-28(17-22-36(42)41(24-25-41)37(43)44-10)33-20-21-34-30(16-15-23-40(33,34)9)18-19-31-26-32(45-47(11,12)38(3,4)5)27-35(29(31)2)46-48(13,14)39(6,7)8/h17-19,22,28,32-35H,2,15-16,20-21,23-27H2,1,3-14H3/b22-17+,30-18+,31-19+/t28-,32-,33-,34+,35+,40-/m1/s1. The summed E-state index contributed by atoms with van der Waals surface area (Å²) in [6.45, 7) is 32.7. The lowest BCUT2D eigenvalue weighted by Crippen LogP contribution is -2.49. The molecule has 48 heavy (non-hydrogen) atoms. The molecule has 0 aromatic carbocycles. The first-order valence-corrected chi connectivity index (χ1v) is 24.6. The van der Waals surface area contributed by atoms with Crippen LogP contribution in [0, 0.1) is 28.6 Å². The molecule has 0 unspecified atom stereocenters. The lowest BCUT2D eigenvalue weighted by atomic mass is 9.61. The molecule has 0 bridgehead atoms. The van der Waals surface area contributed by atoms with Gasteiger partial charge in [-0.15, -0.1) is 0 Å². The summed E-state index contributed by atoms with van der Waals surface area (Å²) in [5.74, 6) is 0.849. The van der Waals surface area contributed by atoms with Crippen LogP contribution in [0.25, 0.3) is 0 Å². The second-order valence-electron chi connectivity index (χ2n) is 19.0. The van der Waals surface area contributed by atoms with Gasteiger partial charge in [0.05, 0.1) is 19.3 Å². The van der Waals surface area contributed by atoms with Crippen molar-refractivity contribution in [1.29, 1.82) is 0 Å². The highest BCUT2D eigenvalue weighted by atomic mass is 28.4. The van der Waals surface area contributed by atoms with Crippen molar-refractivity contribution in [3.05, 3.63) is 47.6 Å². The van der Waals surface area contributed by atoms with Gasteiger partial charge in [-0.25, -0.2) is 0 Å². The zero-order chi connectivity index (χ0) is 36.1. The monoisotopic (exact) mass is 696 g/mol. The van der Waals surface area contributed by atoms with E-state index in [0.29, 0.717) is 24.7 Å². The maximum Gasteiger partial charge on any atom is 0.319 e. The Morgan fingerprint density at radius 3 is 2.10 bits per heavy atom. The molecule has 0 N–H and O–H groups in total. The topological polar surface area (TPSA) is 61.8 Å². The van der Waals surface area contributed by atoms with Crippen molar-refractivity contribution < 1.29 is 23.2 Å². The molecule has 7 heteroatoms. The number of rotatable bonds is 10. The lowest BCUT2D eigenvalue weighted by Gasteiger charge is -2.45. The van der Waals surface area contributed by atoms with E-state index in [1.807, 2.05) is 0 Å². The van der Waals surface area contributed by atoms with E-state index in [4.69, 9.17) is 13.6 Å². The molecule has 0 amide bonds. The Morgan fingerprint density at radius 2 is 1.54 bits per heavy atom. The highest BCUT2D eigenvalue weighted by Gasteiger charge is 2.56. The maximum absolute atomic E-state index is 13.0. The first-order chi connectivity index (χ1) is 22.0. The highest BCUT2D eigenvalue weighted by Crippen LogP contribution is 2.60. The van der Waals surface area contributed by atoms with Crippen LogP contribution in [-0.4, -0.2) is 47.7 Å². The minimum Gasteiger partial charge on any atom is -0.468 e. The average molecular weight is 697 g/mol. The van der Waals surface area contributed by atoms with Crippen LogP contribution in [0.1, 0.15) is 113 Å².